The molecule has 0 bridgehead atoms. The molecule has 0 spiro atoms. The number of nitrogens with one attached hydrogen (secondary N) is 1. The summed E-state index contributed by atoms with van der Waals surface area (Å²) in [6.07, 6.45) is 0. The molecule has 0 saturated carbocycles. The molecule has 130 valence electrons. The Bertz CT molecular complexity index is 870. The van der Waals surface area contributed by atoms with Crippen molar-refractivity contribution >= 4 is 48.9 Å². The SMILES string of the molecule is CC1(C)CN(C(=O)c2cc3sc(Nc4ccccc4)nc3s2)CCO1. The molecular formula is C18H19N3O2S2. The first-order valence-electron chi connectivity index (χ1n) is 8.16. The monoisotopic (exact) mass is 373 g/mol. The van der Waals surface area contributed by atoms with Gasteiger partial charge in [0.05, 0.1) is 21.8 Å². The van der Waals surface area contributed by atoms with Crippen LogP contribution in [-0.4, -0.2) is 41.1 Å². The lowest BCUT2D eigenvalue weighted by atomic mass is 10.1. The Morgan fingerprint density at radius 3 is 2.80 bits per heavy atom. The van der Waals surface area contributed by atoms with E-state index in [1.54, 1.807) is 11.3 Å². The number of carbonyl (C=O) groups is 1. The maximum absolute atomic E-state index is 12.8. The lowest BCUT2D eigenvalue weighted by Crippen LogP contribution is -2.50. The Hall–Kier alpha value is -1.96. The first kappa shape index (κ1) is 16.5. The summed E-state index contributed by atoms with van der Waals surface area (Å²) in [7, 11) is 0. The highest BCUT2D eigenvalue weighted by atomic mass is 32.1. The number of anilines is 2. The smallest absolute Gasteiger partial charge is 0.264 e. The molecule has 5 nitrogen and oxygen atoms in total. The molecule has 1 aromatic carbocycles. The van der Waals surface area contributed by atoms with Gasteiger partial charge in [0.25, 0.3) is 5.91 Å². The molecule has 1 amide bonds. The molecule has 1 fully saturated rings. The third-order valence-corrected chi connectivity index (χ3v) is 6.10. The van der Waals surface area contributed by atoms with Crippen molar-refractivity contribution in [3.8, 4) is 0 Å². The molecule has 0 radical (unpaired) electrons. The lowest BCUT2D eigenvalue weighted by Gasteiger charge is -2.37. The molecule has 0 aliphatic carbocycles. The number of morpholine rings is 1. The van der Waals surface area contributed by atoms with Gasteiger partial charge < -0.3 is 15.0 Å². The van der Waals surface area contributed by atoms with Crippen molar-refractivity contribution in [3.63, 3.8) is 0 Å². The summed E-state index contributed by atoms with van der Waals surface area (Å²) in [5.41, 5.74) is 0.726. The van der Waals surface area contributed by atoms with Crippen LogP contribution in [0.1, 0.15) is 23.5 Å². The van der Waals surface area contributed by atoms with E-state index in [0.717, 1.165) is 25.2 Å². The van der Waals surface area contributed by atoms with Crippen molar-refractivity contribution in [1.82, 2.24) is 9.88 Å². The third kappa shape index (κ3) is 3.53. The molecule has 7 heteroatoms. The zero-order valence-corrected chi connectivity index (χ0v) is 15.7. The van der Waals surface area contributed by atoms with Crippen molar-refractivity contribution in [1.29, 1.82) is 0 Å². The van der Waals surface area contributed by atoms with E-state index in [4.69, 9.17) is 4.74 Å². The lowest BCUT2D eigenvalue weighted by molar-refractivity contribution is -0.0763. The van der Waals surface area contributed by atoms with Crippen LogP contribution in [0, 0.1) is 0 Å². The average molecular weight is 374 g/mol. The van der Waals surface area contributed by atoms with Gasteiger partial charge in [-0.15, -0.1) is 11.3 Å². The molecule has 2 aromatic heterocycles. The van der Waals surface area contributed by atoms with Gasteiger partial charge in [0, 0.05) is 18.8 Å². The van der Waals surface area contributed by atoms with Crippen LogP contribution in [0.4, 0.5) is 10.8 Å². The molecule has 4 rings (SSSR count). The van der Waals surface area contributed by atoms with E-state index in [1.165, 1.54) is 11.3 Å². The molecule has 0 atom stereocenters. The van der Waals surface area contributed by atoms with Crippen molar-refractivity contribution in [2.75, 3.05) is 25.0 Å². The van der Waals surface area contributed by atoms with Gasteiger partial charge in [-0.1, -0.05) is 29.5 Å². The quantitative estimate of drug-likeness (QED) is 0.741. The highest BCUT2D eigenvalue weighted by Gasteiger charge is 2.31. The van der Waals surface area contributed by atoms with Gasteiger partial charge in [-0.2, -0.15) is 0 Å². The Balaban J connectivity index is 1.52. The van der Waals surface area contributed by atoms with E-state index in [2.05, 4.69) is 10.3 Å². The molecule has 1 saturated heterocycles. The number of rotatable bonds is 3. The van der Waals surface area contributed by atoms with Crippen LogP contribution in [-0.2, 0) is 4.74 Å². The largest absolute Gasteiger partial charge is 0.372 e. The number of nitrogens with zero attached hydrogens (tertiary/aromatic N) is 2. The molecule has 3 aromatic rings. The number of benzene rings is 1. The minimum absolute atomic E-state index is 0.0733. The zero-order valence-electron chi connectivity index (χ0n) is 14.1. The van der Waals surface area contributed by atoms with Gasteiger partial charge in [-0.25, -0.2) is 4.98 Å². The Labute approximate surface area is 154 Å². The highest BCUT2D eigenvalue weighted by molar-refractivity contribution is 7.29. The molecule has 1 aliphatic rings. The van der Waals surface area contributed by atoms with Crippen molar-refractivity contribution in [2.45, 2.75) is 19.4 Å². The molecule has 1 N–H and O–H groups in total. The number of hydrogen-bond acceptors (Lipinski definition) is 6. The van der Waals surface area contributed by atoms with Gasteiger partial charge in [0.1, 0.15) is 4.83 Å². The fourth-order valence-electron chi connectivity index (χ4n) is 2.88. The maximum Gasteiger partial charge on any atom is 0.264 e. The second-order valence-corrected chi connectivity index (χ2v) is 8.69. The average Bonchev–Trinajstić information content (AvgIpc) is 3.12. The van der Waals surface area contributed by atoms with E-state index in [1.807, 2.05) is 55.1 Å². The predicted octanol–water partition coefficient (Wildman–Crippen LogP) is 4.35. The Morgan fingerprint density at radius 1 is 1.28 bits per heavy atom. The van der Waals surface area contributed by atoms with Crippen LogP contribution in [0.5, 0.6) is 0 Å². The van der Waals surface area contributed by atoms with Gasteiger partial charge in [0.15, 0.2) is 5.13 Å². The topological polar surface area (TPSA) is 54.5 Å². The normalized spacial score (nSPS) is 17.0. The standard InChI is InChI=1S/C18H19N3O2S2/c1-18(2)11-21(8-9-23-18)16(22)14-10-13-15(24-14)20-17(25-13)19-12-6-4-3-5-7-12/h3-7,10H,8-9,11H2,1-2H3,(H,19,20). The van der Waals surface area contributed by atoms with Crippen molar-refractivity contribution < 1.29 is 9.53 Å². The number of fused-ring (bicyclic) bond motifs is 1. The van der Waals surface area contributed by atoms with Gasteiger partial charge in [-0.05, 0) is 32.0 Å². The zero-order chi connectivity index (χ0) is 17.4. The van der Waals surface area contributed by atoms with Crippen LogP contribution >= 0.6 is 22.7 Å². The van der Waals surface area contributed by atoms with Crippen LogP contribution in [0.15, 0.2) is 36.4 Å². The summed E-state index contributed by atoms with van der Waals surface area (Å²) >= 11 is 3.03. The fraction of sp³-hybridized carbons (Fsp3) is 0.333. The van der Waals surface area contributed by atoms with Gasteiger partial charge in [0.2, 0.25) is 0 Å². The Kier molecular flexibility index (Phi) is 4.23. The number of para-hydroxylation sites is 1. The number of ether oxygens (including phenoxy) is 1. The number of thiophene rings is 1. The van der Waals surface area contributed by atoms with E-state index in [-0.39, 0.29) is 11.5 Å². The first-order valence-corrected chi connectivity index (χ1v) is 9.79. The summed E-state index contributed by atoms with van der Waals surface area (Å²) in [4.78, 5) is 20.9. The highest BCUT2D eigenvalue weighted by Crippen LogP contribution is 2.35. The van der Waals surface area contributed by atoms with Crippen LogP contribution in [0.3, 0.4) is 0 Å². The summed E-state index contributed by atoms with van der Waals surface area (Å²) in [5, 5.41) is 4.15. The van der Waals surface area contributed by atoms with Crippen LogP contribution < -0.4 is 5.32 Å². The second-order valence-electron chi connectivity index (χ2n) is 6.62. The number of thiazole rings is 1. The molecule has 1 aliphatic heterocycles. The first-order chi connectivity index (χ1) is 12.0. The molecule has 25 heavy (non-hydrogen) atoms. The number of amides is 1. The predicted molar refractivity (Wildman–Crippen MR) is 103 cm³/mol. The molecule has 0 unspecified atom stereocenters. The minimum atomic E-state index is -0.284. The summed E-state index contributed by atoms with van der Waals surface area (Å²) < 4.78 is 6.73. The van der Waals surface area contributed by atoms with E-state index in [0.29, 0.717) is 19.7 Å². The van der Waals surface area contributed by atoms with E-state index >= 15 is 0 Å². The second kappa shape index (κ2) is 6.40. The van der Waals surface area contributed by atoms with E-state index in [9.17, 15) is 4.79 Å². The van der Waals surface area contributed by atoms with Crippen molar-refractivity contribution in [2.24, 2.45) is 0 Å². The number of aromatic nitrogens is 1. The van der Waals surface area contributed by atoms with Gasteiger partial charge >= 0.3 is 0 Å². The molecular weight excluding hydrogens is 354 g/mol. The fourth-order valence-corrected chi connectivity index (χ4v) is 4.99. The maximum atomic E-state index is 12.8. The van der Waals surface area contributed by atoms with Gasteiger partial charge in [-0.3, -0.25) is 4.79 Å². The number of hydrogen-bond donors (Lipinski definition) is 1. The summed E-state index contributed by atoms with van der Waals surface area (Å²) in [6.45, 7) is 5.88. The number of carbonyl (C=O) groups excluding carboxylic acids is 1. The Morgan fingerprint density at radius 2 is 2.08 bits per heavy atom. The summed E-state index contributed by atoms with van der Waals surface area (Å²) in [6, 6.07) is 11.9. The summed E-state index contributed by atoms with van der Waals surface area (Å²) in [5.74, 6) is 0.0733. The minimum Gasteiger partial charge on any atom is -0.372 e. The molecule has 3 heterocycles. The van der Waals surface area contributed by atoms with Crippen LogP contribution in [0.2, 0.25) is 0 Å². The van der Waals surface area contributed by atoms with E-state index < -0.39 is 0 Å². The third-order valence-electron chi connectivity index (χ3n) is 4.04. The van der Waals surface area contributed by atoms with Crippen LogP contribution in [0.25, 0.3) is 9.53 Å². The van der Waals surface area contributed by atoms with Crippen molar-refractivity contribution in [3.05, 3.63) is 41.3 Å².